The quantitative estimate of drug-likeness (QED) is 0.788. The second kappa shape index (κ2) is 7.78. The maximum absolute atomic E-state index is 15.3. The molecule has 0 aliphatic carbocycles. The summed E-state index contributed by atoms with van der Waals surface area (Å²) in [5.41, 5.74) is 2.40. The van der Waals surface area contributed by atoms with E-state index in [2.05, 4.69) is 39.0 Å². The summed E-state index contributed by atoms with van der Waals surface area (Å²) in [5, 5.41) is 7.11. The number of nitrogens with zero attached hydrogens (tertiary/aromatic N) is 3. The number of nitrogens with one attached hydrogen (secondary N) is 2. The van der Waals surface area contributed by atoms with Crippen LogP contribution in [0.25, 0.3) is 10.9 Å². The molecule has 5 nitrogen and oxygen atoms in total. The third-order valence-electron chi connectivity index (χ3n) is 4.56. The second-order valence-corrected chi connectivity index (χ2v) is 6.79. The Kier molecular flexibility index (Phi) is 5.48. The van der Waals surface area contributed by atoms with Crippen LogP contribution in [0.5, 0.6) is 0 Å². The van der Waals surface area contributed by atoms with Gasteiger partial charge in [-0.3, -0.25) is 0 Å². The maximum Gasteiger partial charge on any atom is 0.159 e. The second-order valence-electron chi connectivity index (χ2n) is 6.79. The van der Waals surface area contributed by atoms with Crippen molar-refractivity contribution < 1.29 is 4.39 Å². The zero-order chi connectivity index (χ0) is 17.8. The largest absolute Gasteiger partial charge is 0.367 e. The van der Waals surface area contributed by atoms with Crippen molar-refractivity contribution in [1.29, 1.82) is 0 Å². The van der Waals surface area contributed by atoms with Crippen LogP contribution >= 0.6 is 0 Å². The first-order chi connectivity index (χ1) is 12.1. The van der Waals surface area contributed by atoms with Crippen molar-refractivity contribution in [3.8, 4) is 0 Å². The molecule has 2 aromatic rings. The van der Waals surface area contributed by atoms with Gasteiger partial charge in [0.25, 0.3) is 0 Å². The number of hydrogen-bond donors (Lipinski definition) is 2. The number of rotatable bonds is 6. The van der Waals surface area contributed by atoms with Crippen molar-refractivity contribution in [3.05, 3.63) is 36.4 Å². The first kappa shape index (κ1) is 17.6. The van der Waals surface area contributed by atoms with E-state index in [0.717, 1.165) is 44.6 Å². The number of aromatic nitrogens is 2. The Hall–Kier alpha value is -2.21. The molecule has 1 unspecified atom stereocenters. The van der Waals surface area contributed by atoms with Gasteiger partial charge >= 0.3 is 0 Å². The Labute approximate surface area is 148 Å². The van der Waals surface area contributed by atoms with Gasteiger partial charge in [0.05, 0.1) is 16.6 Å². The molecule has 25 heavy (non-hydrogen) atoms. The first-order valence-corrected chi connectivity index (χ1v) is 8.86. The molecule has 0 bridgehead atoms. The Morgan fingerprint density at radius 2 is 2.12 bits per heavy atom. The van der Waals surface area contributed by atoms with Crippen molar-refractivity contribution in [1.82, 2.24) is 15.3 Å². The van der Waals surface area contributed by atoms with E-state index in [1.165, 1.54) is 6.33 Å². The third-order valence-corrected chi connectivity index (χ3v) is 4.56. The minimum absolute atomic E-state index is 0.178. The molecule has 2 N–H and O–H groups in total. The van der Waals surface area contributed by atoms with Gasteiger partial charge in [0, 0.05) is 32.2 Å². The Morgan fingerprint density at radius 3 is 2.84 bits per heavy atom. The minimum Gasteiger partial charge on any atom is -0.367 e. The topological polar surface area (TPSA) is 53.1 Å². The average molecular weight is 343 g/mol. The van der Waals surface area contributed by atoms with Crippen LogP contribution in [0.3, 0.4) is 0 Å². The lowest BCUT2D eigenvalue weighted by Gasteiger charge is -2.30. The highest BCUT2D eigenvalue weighted by Gasteiger charge is 2.19. The van der Waals surface area contributed by atoms with Gasteiger partial charge in [-0.1, -0.05) is 5.57 Å². The van der Waals surface area contributed by atoms with Crippen LogP contribution in [0, 0.1) is 5.82 Å². The summed E-state index contributed by atoms with van der Waals surface area (Å²) < 4.78 is 15.3. The summed E-state index contributed by atoms with van der Waals surface area (Å²) in [6.07, 6.45) is 3.35. The molecular formula is C19H26FN5. The van der Waals surface area contributed by atoms with Gasteiger partial charge in [-0.25, -0.2) is 14.4 Å². The van der Waals surface area contributed by atoms with E-state index >= 15 is 4.39 Å². The molecule has 1 aromatic heterocycles. The lowest BCUT2D eigenvalue weighted by Crippen LogP contribution is -2.43. The molecule has 0 amide bonds. The molecule has 1 saturated heterocycles. The van der Waals surface area contributed by atoms with Gasteiger partial charge in [-0.05, 0) is 38.8 Å². The Bertz CT molecular complexity index is 755. The lowest BCUT2D eigenvalue weighted by atomic mass is 10.1. The average Bonchev–Trinajstić information content (AvgIpc) is 2.61. The van der Waals surface area contributed by atoms with E-state index in [1.807, 2.05) is 19.1 Å². The fraction of sp³-hybridized carbons (Fsp3) is 0.474. The van der Waals surface area contributed by atoms with Gasteiger partial charge in [-0.15, -0.1) is 6.58 Å². The zero-order valence-corrected chi connectivity index (χ0v) is 15.0. The number of anilines is 2. The highest BCUT2D eigenvalue weighted by atomic mass is 19.1. The minimum atomic E-state index is -0.241. The van der Waals surface area contributed by atoms with Crippen LogP contribution in [-0.2, 0) is 0 Å². The van der Waals surface area contributed by atoms with E-state index in [4.69, 9.17) is 0 Å². The van der Waals surface area contributed by atoms with E-state index in [1.54, 1.807) is 0 Å². The van der Waals surface area contributed by atoms with Crippen LogP contribution in [0.1, 0.15) is 26.7 Å². The first-order valence-electron chi connectivity index (χ1n) is 8.86. The van der Waals surface area contributed by atoms with E-state index in [-0.39, 0.29) is 11.9 Å². The van der Waals surface area contributed by atoms with Crippen molar-refractivity contribution in [3.63, 3.8) is 0 Å². The molecule has 0 radical (unpaired) electrons. The summed E-state index contributed by atoms with van der Waals surface area (Å²) in [4.78, 5) is 10.6. The van der Waals surface area contributed by atoms with Gasteiger partial charge in [0.2, 0.25) is 0 Å². The molecule has 0 saturated carbocycles. The molecule has 1 aromatic carbocycles. The normalized spacial score (nSPS) is 16.0. The predicted molar refractivity (Wildman–Crippen MR) is 102 cm³/mol. The van der Waals surface area contributed by atoms with Gasteiger partial charge < -0.3 is 15.5 Å². The summed E-state index contributed by atoms with van der Waals surface area (Å²) in [5.74, 6) is 0.323. The lowest BCUT2D eigenvalue weighted by molar-refractivity contribution is 0.569. The molecule has 3 rings (SSSR count). The fourth-order valence-electron chi connectivity index (χ4n) is 3.13. The smallest absolute Gasteiger partial charge is 0.159 e. The summed E-state index contributed by atoms with van der Waals surface area (Å²) in [6.45, 7) is 11.4. The van der Waals surface area contributed by atoms with Crippen molar-refractivity contribution >= 4 is 22.4 Å². The fourth-order valence-corrected chi connectivity index (χ4v) is 3.13. The number of halogens is 1. The number of allylic oxidation sites excluding steroid dienone is 1. The van der Waals surface area contributed by atoms with Crippen molar-refractivity contribution in [2.24, 2.45) is 0 Å². The maximum atomic E-state index is 15.3. The number of hydrogen-bond acceptors (Lipinski definition) is 5. The van der Waals surface area contributed by atoms with Crippen LogP contribution in [0.2, 0.25) is 0 Å². The standard InChI is InChI=1S/C19H26FN5/c1-13(2)4-5-14(3)24-19-17-15(22-12-23-19)6-7-16(18(17)20)25-10-8-21-9-11-25/h6-7,12,14,21H,1,4-5,8-11H2,2-3H3,(H,22,23,24). The molecule has 134 valence electrons. The highest BCUT2D eigenvalue weighted by molar-refractivity contribution is 5.92. The SMILES string of the molecule is C=C(C)CCC(C)Nc1ncnc2ccc(N3CCNCC3)c(F)c12. The molecule has 0 spiro atoms. The van der Waals surface area contributed by atoms with Gasteiger partial charge in [0.15, 0.2) is 5.82 Å². The number of fused-ring (bicyclic) bond motifs is 1. The molecule has 1 fully saturated rings. The van der Waals surface area contributed by atoms with Crippen molar-refractivity contribution in [2.75, 3.05) is 36.4 Å². The summed E-state index contributed by atoms with van der Waals surface area (Å²) in [6, 6.07) is 3.88. The highest BCUT2D eigenvalue weighted by Crippen LogP contribution is 2.31. The third kappa shape index (κ3) is 4.07. The number of benzene rings is 1. The molecule has 2 heterocycles. The van der Waals surface area contributed by atoms with Gasteiger partial charge in [-0.2, -0.15) is 0 Å². The molecule has 6 heteroatoms. The van der Waals surface area contributed by atoms with Crippen LogP contribution < -0.4 is 15.5 Å². The Morgan fingerprint density at radius 1 is 1.36 bits per heavy atom. The molecule has 1 atom stereocenters. The summed E-state index contributed by atoms with van der Waals surface area (Å²) in [7, 11) is 0. The van der Waals surface area contributed by atoms with E-state index in [9.17, 15) is 0 Å². The van der Waals surface area contributed by atoms with Crippen LogP contribution in [0.4, 0.5) is 15.9 Å². The monoisotopic (exact) mass is 343 g/mol. The van der Waals surface area contributed by atoms with E-state index in [0.29, 0.717) is 22.4 Å². The zero-order valence-electron chi connectivity index (χ0n) is 15.0. The molecular weight excluding hydrogens is 317 g/mol. The van der Waals surface area contributed by atoms with Gasteiger partial charge in [0.1, 0.15) is 12.1 Å². The predicted octanol–water partition coefficient (Wildman–Crippen LogP) is 3.34. The Balaban J connectivity index is 1.91. The van der Waals surface area contributed by atoms with E-state index < -0.39 is 0 Å². The van der Waals surface area contributed by atoms with Crippen molar-refractivity contribution in [2.45, 2.75) is 32.7 Å². The van der Waals surface area contributed by atoms with Crippen LogP contribution in [-0.4, -0.2) is 42.2 Å². The molecule has 1 aliphatic rings. The summed E-state index contributed by atoms with van der Waals surface area (Å²) >= 11 is 0. The molecule has 1 aliphatic heterocycles. The van der Waals surface area contributed by atoms with Crippen LogP contribution in [0.15, 0.2) is 30.6 Å². The number of piperazine rings is 1.